The summed E-state index contributed by atoms with van der Waals surface area (Å²) in [7, 11) is 0. The molecule has 1 aliphatic heterocycles. The van der Waals surface area contributed by atoms with E-state index < -0.39 is 17.9 Å². The monoisotopic (exact) mass is 478 g/mol. The topological polar surface area (TPSA) is 84.9 Å². The van der Waals surface area contributed by atoms with Gasteiger partial charge in [0.05, 0.1) is 21.8 Å². The van der Waals surface area contributed by atoms with Gasteiger partial charge in [0.2, 0.25) is 0 Å². The fourth-order valence-corrected chi connectivity index (χ4v) is 3.64. The lowest BCUT2D eigenvalue weighted by molar-refractivity contribution is -0.145. The summed E-state index contributed by atoms with van der Waals surface area (Å²) < 4.78 is 10.7. The van der Waals surface area contributed by atoms with Gasteiger partial charge in [-0.3, -0.25) is 4.79 Å². The van der Waals surface area contributed by atoms with Crippen molar-refractivity contribution in [3.8, 4) is 5.75 Å². The molecule has 1 fully saturated rings. The molecule has 7 nitrogen and oxygen atoms in total. The first-order valence-electron chi connectivity index (χ1n) is 8.60. The molecular weight excluding hydrogens is 464 g/mol. The van der Waals surface area contributed by atoms with Crippen LogP contribution in [-0.4, -0.2) is 31.1 Å². The van der Waals surface area contributed by atoms with Gasteiger partial charge in [0.15, 0.2) is 12.4 Å². The van der Waals surface area contributed by atoms with Gasteiger partial charge in [0.25, 0.3) is 5.91 Å². The summed E-state index contributed by atoms with van der Waals surface area (Å²) in [4.78, 5) is 37.4. The van der Waals surface area contributed by atoms with Crippen LogP contribution >= 0.6 is 27.5 Å². The van der Waals surface area contributed by atoms with Crippen molar-refractivity contribution in [1.29, 1.82) is 0 Å². The molecule has 1 heterocycles. The number of para-hydroxylation sites is 1. The Balaban J connectivity index is 1.81. The maximum atomic E-state index is 12.7. The number of imide groups is 1. The predicted octanol–water partition coefficient (Wildman–Crippen LogP) is 4.14. The Morgan fingerprint density at radius 3 is 2.62 bits per heavy atom. The van der Waals surface area contributed by atoms with Gasteiger partial charge in [0.1, 0.15) is 5.70 Å². The Morgan fingerprint density at radius 1 is 1.24 bits per heavy atom. The summed E-state index contributed by atoms with van der Waals surface area (Å²) in [5, 5.41) is 2.78. The van der Waals surface area contributed by atoms with E-state index in [2.05, 4.69) is 21.2 Å². The van der Waals surface area contributed by atoms with Crippen LogP contribution in [0.15, 0.2) is 52.6 Å². The van der Waals surface area contributed by atoms with Crippen molar-refractivity contribution in [2.24, 2.45) is 0 Å². The van der Waals surface area contributed by atoms with Crippen LogP contribution in [0.5, 0.6) is 5.75 Å². The number of rotatable bonds is 6. The minimum Gasteiger partial charge on any atom is -0.479 e. The number of nitrogens with one attached hydrogen (secondary N) is 1. The van der Waals surface area contributed by atoms with Gasteiger partial charge >= 0.3 is 12.0 Å². The van der Waals surface area contributed by atoms with Crippen LogP contribution in [0.3, 0.4) is 0 Å². The molecule has 0 saturated carbocycles. The second-order valence-corrected chi connectivity index (χ2v) is 7.13. The van der Waals surface area contributed by atoms with Crippen molar-refractivity contribution in [3.05, 3.63) is 63.2 Å². The van der Waals surface area contributed by atoms with Crippen LogP contribution in [0.4, 0.5) is 10.5 Å². The van der Waals surface area contributed by atoms with E-state index in [-0.39, 0.29) is 29.7 Å². The zero-order chi connectivity index (χ0) is 21.0. The van der Waals surface area contributed by atoms with Crippen molar-refractivity contribution in [1.82, 2.24) is 5.32 Å². The van der Waals surface area contributed by atoms with Gasteiger partial charge in [0, 0.05) is 0 Å². The lowest BCUT2D eigenvalue weighted by Crippen LogP contribution is -2.30. The van der Waals surface area contributed by atoms with Crippen LogP contribution in [0.25, 0.3) is 6.08 Å². The molecule has 1 aliphatic rings. The van der Waals surface area contributed by atoms with E-state index in [4.69, 9.17) is 21.1 Å². The molecule has 0 unspecified atom stereocenters. The van der Waals surface area contributed by atoms with Crippen LogP contribution in [0, 0.1) is 0 Å². The highest BCUT2D eigenvalue weighted by Crippen LogP contribution is 2.35. The van der Waals surface area contributed by atoms with Gasteiger partial charge in [-0.1, -0.05) is 29.8 Å². The minimum absolute atomic E-state index is 0.113. The number of carbonyl (C=O) groups is 3. The molecule has 150 valence electrons. The highest BCUT2D eigenvalue weighted by molar-refractivity contribution is 9.10. The molecule has 3 amide bonds. The fourth-order valence-electron chi connectivity index (χ4n) is 2.65. The van der Waals surface area contributed by atoms with Crippen molar-refractivity contribution >= 4 is 57.2 Å². The van der Waals surface area contributed by atoms with E-state index in [0.717, 1.165) is 4.90 Å². The quantitative estimate of drug-likeness (QED) is 0.382. The van der Waals surface area contributed by atoms with E-state index >= 15 is 0 Å². The predicted molar refractivity (Wildman–Crippen MR) is 112 cm³/mol. The average Bonchev–Trinajstić information content (AvgIpc) is 2.95. The van der Waals surface area contributed by atoms with E-state index in [9.17, 15) is 14.4 Å². The molecule has 0 spiro atoms. The summed E-state index contributed by atoms with van der Waals surface area (Å²) in [5.74, 6) is -0.715. The Kier molecular flexibility index (Phi) is 6.56. The summed E-state index contributed by atoms with van der Waals surface area (Å²) in [5.41, 5.74) is 1.14. The molecule has 29 heavy (non-hydrogen) atoms. The maximum absolute atomic E-state index is 12.7. The lowest BCUT2D eigenvalue weighted by Gasteiger charge is -2.11. The fraction of sp³-hybridized carbons (Fsp3) is 0.150. The molecule has 2 aromatic rings. The number of carbonyl (C=O) groups excluding carboxylic acids is 3. The molecule has 0 aliphatic carbocycles. The van der Waals surface area contributed by atoms with Crippen LogP contribution < -0.4 is 15.0 Å². The standard InChI is InChI=1S/C20H16BrClN2O5/c1-2-28-17(25)11-29-18-14(21)8-12(9-15(18)22)10-16-19(26)24(20(27)23-16)13-6-4-3-5-7-13/h3-10H,2,11H2,1H3,(H,23,27). The summed E-state index contributed by atoms with van der Waals surface area (Å²) in [6, 6.07) is 11.3. The van der Waals surface area contributed by atoms with E-state index in [1.807, 2.05) is 0 Å². The SMILES string of the molecule is CCOC(=O)COc1c(Cl)cc(C=C2NC(=O)N(c3ccccc3)C2=O)cc1Br. The molecular formula is C20H16BrClN2O5. The highest BCUT2D eigenvalue weighted by Gasteiger charge is 2.34. The number of hydrogen-bond acceptors (Lipinski definition) is 5. The number of hydrogen-bond donors (Lipinski definition) is 1. The summed E-state index contributed by atoms with van der Waals surface area (Å²) >= 11 is 9.59. The third-order valence-electron chi connectivity index (χ3n) is 3.86. The number of anilines is 1. The number of urea groups is 1. The number of amides is 3. The normalized spacial score (nSPS) is 14.9. The van der Waals surface area contributed by atoms with Crippen molar-refractivity contribution in [3.63, 3.8) is 0 Å². The molecule has 0 atom stereocenters. The van der Waals surface area contributed by atoms with Crippen molar-refractivity contribution < 1.29 is 23.9 Å². The zero-order valence-electron chi connectivity index (χ0n) is 15.3. The van der Waals surface area contributed by atoms with Gasteiger partial charge in [-0.2, -0.15) is 0 Å². The highest BCUT2D eigenvalue weighted by atomic mass is 79.9. The second-order valence-electron chi connectivity index (χ2n) is 5.87. The smallest absolute Gasteiger partial charge is 0.344 e. The number of benzene rings is 2. The first kappa shape index (κ1) is 20.9. The first-order valence-corrected chi connectivity index (χ1v) is 9.77. The number of nitrogens with zero attached hydrogens (tertiary/aromatic N) is 1. The molecule has 3 rings (SSSR count). The molecule has 0 bridgehead atoms. The molecule has 0 aromatic heterocycles. The Hall–Kier alpha value is -2.84. The lowest BCUT2D eigenvalue weighted by atomic mass is 10.1. The van der Waals surface area contributed by atoms with Gasteiger partial charge < -0.3 is 14.8 Å². The largest absolute Gasteiger partial charge is 0.479 e. The minimum atomic E-state index is -0.535. The van der Waals surface area contributed by atoms with Crippen LogP contribution in [-0.2, 0) is 14.3 Å². The number of ether oxygens (including phenoxy) is 2. The molecule has 1 N–H and O–H groups in total. The third-order valence-corrected chi connectivity index (χ3v) is 4.73. The average molecular weight is 480 g/mol. The van der Waals surface area contributed by atoms with E-state index in [1.54, 1.807) is 49.4 Å². The number of halogens is 2. The van der Waals surface area contributed by atoms with Crippen molar-refractivity contribution in [2.75, 3.05) is 18.1 Å². The van der Waals surface area contributed by atoms with E-state index in [0.29, 0.717) is 15.7 Å². The Bertz CT molecular complexity index is 971. The maximum Gasteiger partial charge on any atom is 0.344 e. The molecule has 0 radical (unpaired) electrons. The van der Waals surface area contributed by atoms with Gasteiger partial charge in [-0.05, 0) is 58.8 Å². The molecule has 9 heteroatoms. The van der Waals surface area contributed by atoms with Crippen LogP contribution in [0.1, 0.15) is 12.5 Å². The summed E-state index contributed by atoms with van der Waals surface area (Å²) in [6.45, 7) is 1.67. The number of esters is 1. The van der Waals surface area contributed by atoms with Crippen LogP contribution in [0.2, 0.25) is 5.02 Å². The summed E-state index contributed by atoms with van der Waals surface area (Å²) in [6.07, 6.45) is 1.51. The Morgan fingerprint density at radius 2 is 1.97 bits per heavy atom. The Labute approximate surface area is 180 Å². The zero-order valence-corrected chi connectivity index (χ0v) is 17.6. The third kappa shape index (κ3) is 4.78. The molecule has 2 aromatic carbocycles. The second kappa shape index (κ2) is 9.11. The van der Waals surface area contributed by atoms with E-state index in [1.165, 1.54) is 6.08 Å². The van der Waals surface area contributed by atoms with Crippen molar-refractivity contribution in [2.45, 2.75) is 6.92 Å². The molecule has 1 saturated heterocycles. The first-order chi connectivity index (χ1) is 13.9. The van der Waals surface area contributed by atoms with Gasteiger partial charge in [-0.15, -0.1) is 0 Å². The van der Waals surface area contributed by atoms with Gasteiger partial charge in [-0.25, -0.2) is 14.5 Å².